The molecule has 6 nitrogen and oxygen atoms in total. The van der Waals surface area contributed by atoms with E-state index < -0.39 is 21.6 Å². The van der Waals surface area contributed by atoms with Crippen molar-refractivity contribution in [1.82, 2.24) is 0 Å². The minimum absolute atomic E-state index is 0.0370. The van der Waals surface area contributed by atoms with Gasteiger partial charge in [-0.3, -0.25) is 9.59 Å². The van der Waals surface area contributed by atoms with Gasteiger partial charge in [0.1, 0.15) is 9.65 Å². The predicted octanol–water partition coefficient (Wildman–Crippen LogP) is 3.11. The number of halogens is 2. The summed E-state index contributed by atoms with van der Waals surface area (Å²) in [6.45, 7) is 10.4. The Labute approximate surface area is 137 Å². The fraction of sp³-hybridized carbons (Fsp3) is 0.833. The Hall–Kier alpha value is -0.180. The van der Waals surface area contributed by atoms with Crippen molar-refractivity contribution in [1.29, 1.82) is 0 Å². The molecule has 2 unspecified atom stereocenters. The first-order valence-corrected chi connectivity index (χ1v) is 7.90. The van der Waals surface area contributed by atoms with E-state index in [0.29, 0.717) is 0 Å². The van der Waals surface area contributed by atoms with Gasteiger partial charge in [0.15, 0.2) is 6.29 Å². The third kappa shape index (κ3) is 26.4. The Bertz CT molecular complexity index is 222. The third-order valence-electron chi connectivity index (χ3n) is 1.48. The number of hydrogen-bond donors (Lipinski definition) is 2. The maximum absolute atomic E-state index is 9.65. The lowest BCUT2D eigenvalue weighted by Crippen LogP contribution is -2.11. The van der Waals surface area contributed by atoms with Gasteiger partial charge in [-0.2, -0.15) is 0 Å². The molecular weight excluding hydrogens is 400 g/mol. The van der Waals surface area contributed by atoms with Gasteiger partial charge in [-0.25, -0.2) is 0 Å². The lowest BCUT2D eigenvalue weighted by Gasteiger charge is -2.09. The maximum Gasteiger partial charge on any atom is 0.316 e. The van der Waals surface area contributed by atoms with Crippen LogP contribution in [-0.4, -0.2) is 51.3 Å². The van der Waals surface area contributed by atoms with E-state index in [1.807, 2.05) is 20.8 Å². The molecule has 0 aliphatic carbocycles. The molecule has 2 N–H and O–H groups in total. The minimum Gasteiger partial charge on any atom is -0.480 e. The van der Waals surface area contributed by atoms with Crippen molar-refractivity contribution in [2.24, 2.45) is 0 Å². The van der Waals surface area contributed by atoms with Crippen molar-refractivity contribution >= 4 is 43.8 Å². The molecule has 0 aliphatic heterocycles. The largest absolute Gasteiger partial charge is 0.480 e. The number of carboxylic acids is 2. The predicted molar refractivity (Wildman–Crippen MR) is 84.8 cm³/mol. The van der Waals surface area contributed by atoms with Crippen LogP contribution in [0.15, 0.2) is 0 Å². The Morgan fingerprint density at radius 1 is 0.900 bits per heavy atom. The van der Waals surface area contributed by atoms with Gasteiger partial charge in [0.05, 0.1) is 0 Å². The maximum atomic E-state index is 9.65. The molecule has 0 fully saturated rings. The van der Waals surface area contributed by atoms with Crippen LogP contribution in [0.3, 0.4) is 0 Å². The van der Waals surface area contributed by atoms with Gasteiger partial charge in [0.25, 0.3) is 0 Å². The Morgan fingerprint density at radius 3 is 1.20 bits per heavy atom. The summed E-state index contributed by atoms with van der Waals surface area (Å²) in [5.74, 6) is -1.65. The van der Waals surface area contributed by atoms with Crippen LogP contribution in [0.1, 0.15) is 34.6 Å². The molecule has 20 heavy (non-hydrogen) atoms. The summed E-state index contributed by atoms with van der Waals surface area (Å²) >= 11 is 5.68. The molecule has 0 aliphatic rings. The summed E-state index contributed by atoms with van der Waals surface area (Å²) in [7, 11) is 0. The molecule has 0 aromatic carbocycles. The average molecular weight is 424 g/mol. The minimum atomic E-state index is -0.824. The van der Waals surface area contributed by atoms with Gasteiger partial charge in [-0.15, -0.1) is 0 Å². The smallest absolute Gasteiger partial charge is 0.316 e. The molecule has 2 atom stereocenters. The highest BCUT2D eigenvalue weighted by molar-refractivity contribution is 9.10. The van der Waals surface area contributed by atoms with Gasteiger partial charge >= 0.3 is 11.9 Å². The lowest BCUT2D eigenvalue weighted by atomic mass is 10.5. The number of ether oxygens (including phenoxy) is 2. The molecule has 0 saturated heterocycles. The molecule has 0 rings (SSSR count). The van der Waals surface area contributed by atoms with Crippen molar-refractivity contribution in [2.45, 2.75) is 50.6 Å². The molecule has 0 radical (unpaired) electrons. The van der Waals surface area contributed by atoms with Crippen LogP contribution in [0.4, 0.5) is 0 Å². The average Bonchev–Trinajstić information content (AvgIpc) is 2.30. The van der Waals surface area contributed by atoms with E-state index in [1.54, 1.807) is 13.8 Å². The number of hydrogen-bond acceptors (Lipinski definition) is 4. The van der Waals surface area contributed by atoms with Crippen LogP contribution < -0.4 is 0 Å². The molecule has 0 amide bonds. The fourth-order valence-electron chi connectivity index (χ4n) is 0.518. The molecule has 0 aromatic rings. The van der Waals surface area contributed by atoms with Crippen LogP contribution in [0, 0.1) is 0 Å². The molecule has 0 spiro atoms. The summed E-state index contributed by atoms with van der Waals surface area (Å²) < 4.78 is 10.1. The molecular formula is C12H24Br2O6. The van der Waals surface area contributed by atoms with E-state index in [4.69, 9.17) is 19.7 Å². The van der Waals surface area contributed by atoms with Crippen LogP contribution in [0.25, 0.3) is 0 Å². The molecule has 0 heterocycles. The lowest BCUT2D eigenvalue weighted by molar-refractivity contribution is -0.136. The fourth-order valence-corrected chi connectivity index (χ4v) is 0.518. The van der Waals surface area contributed by atoms with Crippen molar-refractivity contribution in [2.75, 3.05) is 13.2 Å². The highest BCUT2D eigenvalue weighted by Crippen LogP contribution is 1.94. The van der Waals surface area contributed by atoms with Gasteiger partial charge in [0, 0.05) is 13.2 Å². The zero-order valence-corrected chi connectivity index (χ0v) is 15.6. The number of alkyl halides is 2. The third-order valence-corrected chi connectivity index (χ3v) is 2.27. The second kappa shape index (κ2) is 16.9. The van der Waals surface area contributed by atoms with Gasteiger partial charge in [0.2, 0.25) is 0 Å². The summed E-state index contributed by atoms with van der Waals surface area (Å²) in [4.78, 5) is 18.5. The standard InChI is InChI=1S/C6H14O2.2C3H5BrO2/c1-4-7-6(3)8-5-2;2*1-2(4)3(5)6/h6H,4-5H2,1-3H3;2*2H,1H3,(H,5,6). The van der Waals surface area contributed by atoms with Gasteiger partial charge < -0.3 is 19.7 Å². The van der Waals surface area contributed by atoms with Crippen molar-refractivity contribution in [3.05, 3.63) is 0 Å². The number of aliphatic carboxylic acids is 2. The van der Waals surface area contributed by atoms with Gasteiger partial charge in [-0.05, 0) is 34.6 Å². The summed E-state index contributed by atoms with van der Waals surface area (Å²) in [6, 6.07) is 0. The van der Waals surface area contributed by atoms with Crippen molar-refractivity contribution in [3.63, 3.8) is 0 Å². The highest BCUT2D eigenvalue weighted by atomic mass is 79.9. The second-order valence-electron chi connectivity index (χ2n) is 3.39. The molecule has 8 heteroatoms. The van der Waals surface area contributed by atoms with Crippen LogP contribution >= 0.6 is 31.9 Å². The van der Waals surface area contributed by atoms with Crippen LogP contribution in [0.5, 0.6) is 0 Å². The molecule has 0 bridgehead atoms. The zero-order chi connectivity index (χ0) is 16.7. The monoisotopic (exact) mass is 422 g/mol. The van der Waals surface area contributed by atoms with E-state index in [-0.39, 0.29) is 6.29 Å². The van der Waals surface area contributed by atoms with E-state index in [1.165, 1.54) is 0 Å². The van der Waals surface area contributed by atoms with Gasteiger partial charge in [-0.1, -0.05) is 31.9 Å². The first-order chi connectivity index (χ1) is 9.09. The number of carbonyl (C=O) groups is 2. The summed E-state index contributed by atoms with van der Waals surface area (Å²) in [6.07, 6.45) is -0.0370. The van der Waals surface area contributed by atoms with Crippen LogP contribution in [-0.2, 0) is 19.1 Å². The first-order valence-electron chi connectivity index (χ1n) is 6.06. The van der Waals surface area contributed by atoms with Crippen molar-refractivity contribution < 1.29 is 29.3 Å². The van der Waals surface area contributed by atoms with Crippen molar-refractivity contribution in [3.8, 4) is 0 Å². The van der Waals surface area contributed by atoms with Crippen LogP contribution in [0.2, 0.25) is 0 Å². The van der Waals surface area contributed by atoms with E-state index in [2.05, 4.69) is 31.9 Å². The SMILES string of the molecule is CC(Br)C(=O)O.CC(Br)C(=O)O.CCOC(C)OCC. The molecule has 0 aromatic heterocycles. The summed E-state index contributed by atoms with van der Waals surface area (Å²) in [5, 5.41) is 15.9. The number of rotatable bonds is 6. The molecule has 0 saturated carbocycles. The topological polar surface area (TPSA) is 93.1 Å². The normalized spacial score (nSPS) is 12.4. The second-order valence-corrected chi connectivity index (χ2v) is 6.13. The summed E-state index contributed by atoms with van der Waals surface area (Å²) in [5.41, 5.74) is 0. The quantitative estimate of drug-likeness (QED) is 0.503. The first kappa shape index (κ1) is 24.8. The zero-order valence-electron chi connectivity index (χ0n) is 12.4. The van der Waals surface area contributed by atoms with E-state index in [0.717, 1.165) is 13.2 Å². The van der Waals surface area contributed by atoms with E-state index in [9.17, 15) is 9.59 Å². The Balaban J connectivity index is -0.000000221. The molecule has 122 valence electrons. The Kier molecular flexibility index (Phi) is 20.9. The van der Waals surface area contributed by atoms with E-state index >= 15 is 0 Å². The number of carboxylic acid groups (broad SMARTS) is 2. The Morgan fingerprint density at radius 2 is 1.10 bits per heavy atom. The highest BCUT2D eigenvalue weighted by Gasteiger charge is 2.02.